The molecule has 166 valence electrons. The van der Waals surface area contributed by atoms with Crippen LogP contribution in [0.4, 0.5) is 11.5 Å². The largest absolute Gasteiger partial charge is 0.310 e. The van der Waals surface area contributed by atoms with Crippen LogP contribution in [0.15, 0.2) is 41.3 Å². The third-order valence-corrected chi connectivity index (χ3v) is 7.11. The molecule has 1 amide bonds. The van der Waals surface area contributed by atoms with E-state index in [0.717, 1.165) is 15.8 Å². The number of nitrogens with zero attached hydrogens (tertiary/aromatic N) is 2. The predicted octanol–water partition coefficient (Wildman–Crippen LogP) is 4.30. The van der Waals surface area contributed by atoms with Crippen molar-refractivity contribution in [2.75, 3.05) is 10.0 Å². The molecule has 3 aromatic rings. The fraction of sp³-hybridized carbons (Fsp3) is 0.227. The average molecular weight is 473 g/mol. The standard InChI is InChI=1S/C22H21ClN4O4S/c1-12-4-5-13(2)17(10-12)26-32(30,31)18-11-15(6-7-16(18)23)21-14(3)25-27-20(29)9-8-19(28)24-22(21)27/h4-7,10-11,26H,8-9H2,1-3H3,(H,24,28). The van der Waals surface area contributed by atoms with E-state index in [4.69, 9.17) is 11.6 Å². The van der Waals surface area contributed by atoms with Gasteiger partial charge in [0, 0.05) is 18.4 Å². The number of hydrogen-bond donors (Lipinski definition) is 2. The molecule has 2 heterocycles. The molecule has 0 radical (unpaired) electrons. The van der Waals surface area contributed by atoms with Crippen molar-refractivity contribution in [3.8, 4) is 11.1 Å². The molecule has 2 N–H and O–H groups in total. The van der Waals surface area contributed by atoms with Crippen molar-refractivity contribution in [1.29, 1.82) is 0 Å². The van der Waals surface area contributed by atoms with Gasteiger partial charge in [0.15, 0.2) is 0 Å². The lowest BCUT2D eigenvalue weighted by molar-refractivity contribution is -0.116. The number of anilines is 2. The van der Waals surface area contributed by atoms with E-state index < -0.39 is 10.0 Å². The SMILES string of the molecule is Cc1ccc(C)c(NS(=O)(=O)c2cc(-c3c(C)nn4c3NC(=O)CCC4=O)ccc2Cl)c1. The Bertz CT molecular complexity index is 1380. The van der Waals surface area contributed by atoms with Crippen LogP contribution in [0.25, 0.3) is 11.1 Å². The molecule has 0 spiro atoms. The number of sulfonamides is 1. The minimum atomic E-state index is -4.02. The number of amides is 1. The van der Waals surface area contributed by atoms with Gasteiger partial charge in [-0.3, -0.25) is 14.3 Å². The minimum Gasteiger partial charge on any atom is -0.310 e. The van der Waals surface area contributed by atoms with Crippen LogP contribution in [-0.4, -0.2) is 30.0 Å². The van der Waals surface area contributed by atoms with Gasteiger partial charge in [-0.15, -0.1) is 0 Å². The number of benzene rings is 2. The first-order chi connectivity index (χ1) is 15.1. The van der Waals surface area contributed by atoms with Gasteiger partial charge in [-0.1, -0.05) is 29.8 Å². The lowest BCUT2D eigenvalue weighted by Crippen LogP contribution is -2.15. The summed E-state index contributed by atoms with van der Waals surface area (Å²) >= 11 is 6.27. The van der Waals surface area contributed by atoms with E-state index in [1.165, 1.54) is 12.1 Å². The molecule has 8 nitrogen and oxygen atoms in total. The fourth-order valence-corrected chi connectivity index (χ4v) is 5.25. The Balaban J connectivity index is 1.82. The van der Waals surface area contributed by atoms with Crippen molar-refractivity contribution in [1.82, 2.24) is 9.78 Å². The minimum absolute atomic E-state index is 0.0411. The van der Waals surface area contributed by atoms with Crippen molar-refractivity contribution >= 4 is 44.9 Å². The van der Waals surface area contributed by atoms with E-state index in [2.05, 4.69) is 15.1 Å². The van der Waals surface area contributed by atoms with Crippen LogP contribution >= 0.6 is 11.6 Å². The number of carbonyl (C=O) groups is 2. The van der Waals surface area contributed by atoms with Crippen molar-refractivity contribution in [3.63, 3.8) is 0 Å². The molecule has 10 heteroatoms. The smallest absolute Gasteiger partial charge is 0.263 e. The number of halogens is 1. The van der Waals surface area contributed by atoms with E-state index in [0.29, 0.717) is 22.5 Å². The highest BCUT2D eigenvalue weighted by atomic mass is 35.5. The molecule has 2 aromatic carbocycles. The molecule has 1 aliphatic rings. The molecular weight excluding hydrogens is 452 g/mol. The molecule has 0 saturated heterocycles. The highest BCUT2D eigenvalue weighted by molar-refractivity contribution is 7.92. The average Bonchev–Trinajstić information content (AvgIpc) is 2.97. The van der Waals surface area contributed by atoms with Crippen LogP contribution in [0.3, 0.4) is 0 Å². The maximum absolute atomic E-state index is 13.2. The zero-order valence-corrected chi connectivity index (χ0v) is 19.3. The summed E-state index contributed by atoms with van der Waals surface area (Å²) in [5.74, 6) is -0.397. The van der Waals surface area contributed by atoms with Crippen molar-refractivity contribution < 1.29 is 18.0 Å². The van der Waals surface area contributed by atoms with Gasteiger partial charge in [-0.25, -0.2) is 8.42 Å². The van der Waals surface area contributed by atoms with E-state index in [1.807, 2.05) is 19.1 Å². The van der Waals surface area contributed by atoms with Crippen molar-refractivity contribution in [2.24, 2.45) is 0 Å². The summed E-state index contributed by atoms with van der Waals surface area (Å²) in [7, 11) is -4.02. The number of aryl methyl sites for hydroxylation is 3. The number of nitrogens with one attached hydrogen (secondary N) is 2. The second kappa shape index (κ2) is 8.07. The molecule has 4 rings (SSSR count). The third kappa shape index (κ3) is 4.01. The summed E-state index contributed by atoms with van der Waals surface area (Å²) in [5.41, 5.74) is 3.54. The normalized spacial score (nSPS) is 14.0. The quantitative estimate of drug-likeness (QED) is 0.588. The van der Waals surface area contributed by atoms with Gasteiger partial charge >= 0.3 is 0 Å². The van der Waals surface area contributed by atoms with Crippen LogP contribution in [-0.2, 0) is 14.8 Å². The summed E-state index contributed by atoms with van der Waals surface area (Å²) in [5, 5.41) is 7.01. The summed E-state index contributed by atoms with van der Waals surface area (Å²) in [4.78, 5) is 24.3. The summed E-state index contributed by atoms with van der Waals surface area (Å²) in [6.07, 6.45) is 0.0973. The van der Waals surface area contributed by atoms with Crippen LogP contribution in [0.1, 0.15) is 34.5 Å². The molecular formula is C22H21ClN4O4S. The second-order valence-electron chi connectivity index (χ2n) is 7.73. The first kappa shape index (κ1) is 22.0. The molecule has 0 aliphatic carbocycles. The molecule has 0 saturated carbocycles. The van der Waals surface area contributed by atoms with Crippen LogP contribution in [0.2, 0.25) is 5.02 Å². The Morgan fingerprint density at radius 1 is 1.06 bits per heavy atom. The van der Waals surface area contributed by atoms with Gasteiger partial charge in [0.2, 0.25) is 11.8 Å². The highest BCUT2D eigenvalue weighted by Gasteiger charge is 2.27. The summed E-state index contributed by atoms with van der Waals surface area (Å²) in [6, 6.07) is 9.99. The van der Waals surface area contributed by atoms with Crippen LogP contribution in [0.5, 0.6) is 0 Å². The number of rotatable bonds is 4. The van der Waals surface area contributed by atoms with Gasteiger partial charge in [0.1, 0.15) is 10.7 Å². The van der Waals surface area contributed by atoms with Crippen molar-refractivity contribution in [2.45, 2.75) is 38.5 Å². The lowest BCUT2D eigenvalue weighted by Gasteiger charge is -2.14. The van der Waals surface area contributed by atoms with E-state index in [1.54, 1.807) is 26.0 Å². The Kier molecular flexibility index (Phi) is 5.56. The molecule has 0 atom stereocenters. The number of hydrogen-bond acceptors (Lipinski definition) is 5. The highest BCUT2D eigenvalue weighted by Crippen LogP contribution is 2.36. The third-order valence-electron chi connectivity index (χ3n) is 5.27. The Morgan fingerprint density at radius 2 is 1.81 bits per heavy atom. The molecule has 0 fully saturated rings. The lowest BCUT2D eigenvalue weighted by atomic mass is 10.1. The number of carbonyl (C=O) groups excluding carboxylic acids is 2. The zero-order chi connectivity index (χ0) is 23.2. The zero-order valence-electron chi connectivity index (χ0n) is 17.7. The monoisotopic (exact) mass is 472 g/mol. The first-order valence-corrected chi connectivity index (χ1v) is 11.8. The predicted molar refractivity (Wildman–Crippen MR) is 123 cm³/mol. The molecule has 0 unspecified atom stereocenters. The van der Waals surface area contributed by atoms with Gasteiger partial charge in [0.05, 0.1) is 16.4 Å². The first-order valence-electron chi connectivity index (χ1n) is 9.89. The molecule has 32 heavy (non-hydrogen) atoms. The van der Waals surface area contributed by atoms with Crippen LogP contribution < -0.4 is 10.0 Å². The van der Waals surface area contributed by atoms with Crippen LogP contribution in [0, 0.1) is 20.8 Å². The molecule has 1 aliphatic heterocycles. The summed E-state index contributed by atoms with van der Waals surface area (Å²) < 4.78 is 30.2. The van der Waals surface area contributed by atoms with Gasteiger partial charge in [0.25, 0.3) is 10.0 Å². The Hall–Kier alpha value is -3.17. The van der Waals surface area contributed by atoms with Gasteiger partial charge < -0.3 is 5.32 Å². The maximum atomic E-state index is 13.2. The number of fused-ring (bicyclic) bond motifs is 1. The van der Waals surface area contributed by atoms with E-state index >= 15 is 0 Å². The topological polar surface area (TPSA) is 110 Å². The molecule has 0 bridgehead atoms. The maximum Gasteiger partial charge on any atom is 0.263 e. The Morgan fingerprint density at radius 3 is 2.56 bits per heavy atom. The fourth-order valence-electron chi connectivity index (χ4n) is 3.60. The second-order valence-corrected chi connectivity index (χ2v) is 9.79. The Labute approximate surface area is 190 Å². The van der Waals surface area contributed by atoms with Crippen molar-refractivity contribution in [3.05, 3.63) is 58.2 Å². The van der Waals surface area contributed by atoms with E-state index in [-0.39, 0.29) is 40.4 Å². The van der Waals surface area contributed by atoms with Gasteiger partial charge in [-0.05, 0) is 55.7 Å². The molecule has 1 aromatic heterocycles. The van der Waals surface area contributed by atoms with Gasteiger partial charge in [-0.2, -0.15) is 9.78 Å². The van der Waals surface area contributed by atoms with E-state index in [9.17, 15) is 18.0 Å². The number of aromatic nitrogens is 2. The summed E-state index contributed by atoms with van der Waals surface area (Å²) in [6.45, 7) is 5.36.